The lowest BCUT2D eigenvalue weighted by Gasteiger charge is -2.27. The van der Waals surface area contributed by atoms with Crippen LogP contribution in [0.15, 0.2) is 96.6 Å². The summed E-state index contributed by atoms with van der Waals surface area (Å²) in [6.07, 6.45) is 0.843. The van der Waals surface area contributed by atoms with Gasteiger partial charge in [0.2, 0.25) is 21.8 Å². The number of sulfonamides is 1. The zero-order valence-electron chi connectivity index (χ0n) is 29.2. The summed E-state index contributed by atoms with van der Waals surface area (Å²) in [6, 6.07) is 23.1. The minimum atomic E-state index is -3.73. The topological polar surface area (TPSA) is 145 Å². The third kappa shape index (κ3) is 11.9. The highest BCUT2D eigenvalue weighted by molar-refractivity contribution is 7.92. The normalized spacial score (nSPS) is 13.8. The first kappa shape index (κ1) is 39.0. The minimum Gasteiger partial charge on any atom is -0.391 e. The lowest BCUT2D eigenvalue weighted by Crippen LogP contribution is -2.50. The Balaban J connectivity index is 1.69. The standard InChI is InChI=1S/C38H50N4O6S/c1-7-30(36(44)41-35(27(4)5)38(46)39-24-28-15-10-8-11-16-28)23-34(43)33(21-26(2)3)40-37(45)31-19-14-20-32(22-31)42(6)49(47,48)25-29-17-12-9-13-18-29/h7-20,22,26-27,33-35,43H,21,23-25H2,1-6H3,(H,39,46)(H,40,45)(H,41,44)/t33?,34?,35-/m0/s1. The van der Waals surface area contributed by atoms with E-state index in [2.05, 4.69) is 16.0 Å². The van der Waals surface area contributed by atoms with Crippen molar-refractivity contribution in [1.82, 2.24) is 16.0 Å². The van der Waals surface area contributed by atoms with Gasteiger partial charge in [0.05, 0.1) is 23.6 Å². The number of carbonyl (C=O) groups is 3. The second kappa shape index (κ2) is 18.3. The quantitative estimate of drug-likeness (QED) is 0.148. The van der Waals surface area contributed by atoms with E-state index in [0.29, 0.717) is 24.2 Å². The average molecular weight is 691 g/mol. The number of anilines is 1. The molecule has 0 saturated carbocycles. The summed E-state index contributed by atoms with van der Waals surface area (Å²) in [5, 5.41) is 20.0. The van der Waals surface area contributed by atoms with Crippen LogP contribution in [0.2, 0.25) is 0 Å². The Hall–Kier alpha value is -4.48. The SMILES string of the molecule is CC=C(CC(O)C(CC(C)C)NC(=O)c1cccc(N(C)S(=O)(=O)Cc2ccccc2)c1)C(=O)N[C@H](C(=O)NCc1ccccc1)C(C)C. The molecule has 3 atom stereocenters. The van der Waals surface area contributed by atoms with Crippen LogP contribution in [0.3, 0.4) is 0 Å². The summed E-state index contributed by atoms with van der Waals surface area (Å²) in [4.78, 5) is 39.9. The number of carbonyl (C=O) groups excluding carboxylic acids is 3. The number of nitrogens with one attached hydrogen (secondary N) is 3. The van der Waals surface area contributed by atoms with Gasteiger partial charge >= 0.3 is 0 Å². The third-order valence-corrected chi connectivity index (χ3v) is 9.95. The fraction of sp³-hybridized carbons (Fsp3) is 0.395. The number of hydrogen-bond donors (Lipinski definition) is 4. The maximum absolute atomic E-state index is 13.5. The Bertz CT molecular complexity index is 1680. The van der Waals surface area contributed by atoms with Crippen LogP contribution in [-0.4, -0.2) is 56.5 Å². The molecule has 0 heterocycles. The lowest BCUT2D eigenvalue weighted by molar-refractivity contribution is -0.128. The van der Waals surface area contributed by atoms with Crippen LogP contribution < -0.4 is 20.3 Å². The van der Waals surface area contributed by atoms with Gasteiger partial charge in [-0.1, -0.05) is 101 Å². The van der Waals surface area contributed by atoms with Crippen molar-refractivity contribution >= 4 is 33.4 Å². The highest BCUT2D eigenvalue weighted by Gasteiger charge is 2.29. The predicted octanol–water partition coefficient (Wildman–Crippen LogP) is 4.95. The molecular weight excluding hydrogens is 641 g/mol. The largest absolute Gasteiger partial charge is 0.391 e. The number of benzene rings is 3. The average Bonchev–Trinajstić information content (AvgIpc) is 3.08. The van der Waals surface area contributed by atoms with E-state index in [-0.39, 0.29) is 41.1 Å². The summed E-state index contributed by atoms with van der Waals surface area (Å²) < 4.78 is 27.4. The Kier molecular flexibility index (Phi) is 14.6. The Labute approximate surface area is 291 Å². The van der Waals surface area contributed by atoms with Crippen molar-refractivity contribution in [2.45, 2.75) is 77.9 Å². The van der Waals surface area contributed by atoms with E-state index in [4.69, 9.17) is 0 Å². The Morgan fingerprint density at radius 2 is 1.47 bits per heavy atom. The fourth-order valence-electron chi connectivity index (χ4n) is 5.33. The minimum absolute atomic E-state index is 0.0586. The molecule has 0 aliphatic heterocycles. The van der Waals surface area contributed by atoms with Gasteiger partial charge in [0, 0.05) is 31.1 Å². The van der Waals surface area contributed by atoms with E-state index < -0.39 is 40.0 Å². The molecule has 3 aromatic rings. The molecule has 0 saturated heterocycles. The molecule has 11 heteroatoms. The number of aliphatic hydroxyl groups is 1. The molecule has 3 rings (SSSR count). The molecular formula is C38H50N4O6S. The van der Waals surface area contributed by atoms with Crippen molar-refractivity contribution in [3.05, 3.63) is 113 Å². The molecule has 3 amide bonds. The molecule has 0 radical (unpaired) electrons. The fourth-order valence-corrected chi connectivity index (χ4v) is 6.57. The molecule has 0 aliphatic carbocycles. The molecule has 49 heavy (non-hydrogen) atoms. The molecule has 0 bridgehead atoms. The van der Waals surface area contributed by atoms with E-state index in [1.54, 1.807) is 55.5 Å². The molecule has 264 valence electrons. The highest BCUT2D eigenvalue weighted by Crippen LogP contribution is 2.22. The maximum Gasteiger partial charge on any atom is 0.251 e. The molecule has 10 nitrogen and oxygen atoms in total. The molecule has 0 aliphatic rings. The number of amides is 3. The van der Waals surface area contributed by atoms with Crippen LogP contribution in [0, 0.1) is 11.8 Å². The smallest absolute Gasteiger partial charge is 0.251 e. The number of rotatable bonds is 17. The number of aliphatic hydroxyl groups excluding tert-OH is 1. The Morgan fingerprint density at radius 1 is 0.857 bits per heavy atom. The highest BCUT2D eigenvalue weighted by atomic mass is 32.2. The first-order valence-electron chi connectivity index (χ1n) is 16.6. The van der Waals surface area contributed by atoms with Gasteiger partial charge in [0.25, 0.3) is 5.91 Å². The van der Waals surface area contributed by atoms with Crippen molar-refractivity contribution in [3.63, 3.8) is 0 Å². The van der Waals surface area contributed by atoms with Crippen molar-refractivity contribution in [2.24, 2.45) is 11.8 Å². The van der Waals surface area contributed by atoms with Crippen LogP contribution in [0.5, 0.6) is 0 Å². The summed E-state index contributed by atoms with van der Waals surface area (Å²) in [5.41, 5.74) is 2.42. The second-order valence-electron chi connectivity index (χ2n) is 13.0. The number of allylic oxidation sites excluding steroid dienone is 1. The van der Waals surface area contributed by atoms with Gasteiger partial charge in [-0.2, -0.15) is 0 Å². The zero-order chi connectivity index (χ0) is 36.1. The van der Waals surface area contributed by atoms with E-state index >= 15 is 0 Å². The third-order valence-electron chi connectivity index (χ3n) is 8.20. The van der Waals surface area contributed by atoms with Crippen LogP contribution in [0.1, 0.15) is 68.9 Å². The van der Waals surface area contributed by atoms with Crippen molar-refractivity contribution in [3.8, 4) is 0 Å². The van der Waals surface area contributed by atoms with Crippen LogP contribution in [0.4, 0.5) is 5.69 Å². The molecule has 4 N–H and O–H groups in total. The monoisotopic (exact) mass is 690 g/mol. The number of hydrogen-bond acceptors (Lipinski definition) is 6. The summed E-state index contributed by atoms with van der Waals surface area (Å²) in [7, 11) is -2.28. The van der Waals surface area contributed by atoms with Gasteiger partial charge in [0.15, 0.2) is 0 Å². The summed E-state index contributed by atoms with van der Waals surface area (Å²) in [5.74, 6) is -1.56. The first-order chi connectivity index (χ1) is 23.2. The van der Waals surface area contributed by atoms with Crippen molar-refractivity contribution < 1.29 is 27.9 Å². The van der Waals surface area contributed by atoms with Crippen molar-refractivity contribution in [1.29, 1.82) is 0 Å². The van der Waals surface area contributed by atoms with Crippen LogP contribution in [0.25, 0.3) is 0 Å². The van der Waals surface area contributed by atoms with Gasteiger partial charge in [-0.05, 0) is 54.5 Å². The Morgan fingerprint density at radius 3 is 2.04 bits per heavy atom. The van der Waals surface area contributed by atoms with E-state index in [0.717, 1.165) is 9.87 Å². The van der Waals surface area contributed by atoms with Gasteiger partial charge in [-0.25, -0.2) is 8.42 Å². The molecule has 3 aromatic carbocycles. The molecule has 2 unspecified atom stereocenters. The number of nitrogens with zero attached hydrogens (tertiary/aromatic N) is 1. The first-order valence-corrected chi connectivity index (χ1v) is 18.2. The maximum atomic E-state index is 13.5. The van der Waals surface area contributed by atoms with Gasteiger partial charge in [-0.3, -0.25) is 18.7 Å². The van der Waals surface area contributed by atoms with Gasteiger partial charge in [-0.15, -0.1) is 0 Å². The van der Waals surface area contributed by atoms with E-state index in [1.807, 2.05) is 64.1 Å². The molecule has 0 fully saturated rings. The molecule has 0 spiro atoms. The second-order valence-corrected chi connectivity index (χ2v) is 15.0. The van der Waals surface area contributed by atoms with E-state index in [9.17, 15) is 27.9 Å². The van der Waals surface area contributed by atoms with E-state index in [1.165, 1.54) is 13.1 Å². The van der Waals surface area contributed by atoms with Gasteiger partial charge in [0.1, 0.15) is 6.04 Å². The predicted molar refractivity (Wildman–Crippen MR) is 194 cm³/mol. The summed E-state index contributed by atoms with van der Waals surface area (Å²) in [6.45, 7) is 9.62. The summed E-state index contributed by atoms with van der Waals surface area (Å²) >= 11 is 0. The van der Waals surface area contributed by atoms with Crippen LogP contribution >= 0.6 is 0 Å². The van der Waals surface area contributed by atoms with Crippen LogP contribution in [-0.2, 0) is 31.9 Å². The van der Waals surface area contributed by atoms with Crippen molar-refractivity contribution in [2.75, 3.05) is 11.4 Å². The lowest BCUT2D eigenvalue weighted by atomic mass is 9.93. The molecule has 0 aromatic heterocycles. The zero-order valence-corrected chi connectivity index (χ0v) is 30.0. The van der Waals surface area contributed by atoms with Gasteiger partial charge < -0.3 is 21.1 Å².